The summed E-state index contributed by atoms with van der Waals surface area (Å²) in [7, 11) is -6.45. The zero-order valence-corrected chi connectivity index (χ0v) is 35.1. The van der Waals surface area contributed by atoms with Gasteiger partial charge in [-0.1, -0.05) is 5.16 Å². The second-order valence-corrected chi connectivity index (χ2v) is 18.6. The van der Waals surface area contributed by atoms with E-state index in [-0.39, 0.29) is 55.7 Å². The predicted octanol–water partition coefficient (Wildman–Crippen LogP) is 3.48. The zero-order chi connectivity index (χ0) is 41.8. The number of hydroxylamine groups is 1. The number of nitrogens with zero attached hydrogens (tertiary/aromatic N) is 9. The van der Waals surface area contributed by atoms with Crippen LogP contribution in [0.2, 0.25) is 0 Å². The van der Waals surface area contributed by atoms with Crippen LogP contribution in [-0.2, 0) is 20.0 Å². The summed E-state index contributed by atoms with van der Waals surface area (Å²) in [6.45, 7) is 1.52. The summed E-state index contributed by atoms with van der Waals surface area (Å²) >= 11 is 6.15. The molecule has 0 atom stereocenters. The van der Waals surface area contributed by atoms with E-state index in [4.69, 9.17) is 13.8 Å². The number of sulfonamides is 2. The lowest BCUT2D eigenvalue weighted by molar-refractivity contribution is 0.234. The van der Waals surface area contributed by atoms with Crippen LogP contribution in [0.15, 0.2) is 68.9 Å². The van der Waals surface area contributed by atoms with Crippen molar-refractivity contribution in [2.75, 3.05) is 49.3 Å². The van der Waals surface area contributed by atoms with Crippen molar-refractivity contribution < 1.29 is 44.6 Å². The Morgan fingerprint density at radius 2 is 1.33 bits per heavy atom. The molecule has 5 aromatic rings. The van der Waals surface area contributed by atoms with Crippen molar-refractivity contribution >= 4 is 75.1 Å². The highest BCUT2D eigenvalue weighted by Crippen LogP contribution is 2.29. The van der Waals surface area contributed by atoms with Crippen LogP contribution in [0.1, 0.15) is 31.4 Å². The predicted molar refractivity (Wildman–Crippen MR) is 209 cm³/mol. The number of hydrogen-bond donors (Lipinski definition) is 4. The molecule has 0 radical (unpaired) electrons. The SMILES string of the molecule is CS(=O)(=O)N1CCC(Nc2nonc2-c2noc(=O)n2-c2ccc(F)c(Br)c2)CC1.CS(=O)(=O)N1CCC(Nc2nonc2C(=Nc2ccc(F)c(Br)c2)NO)CC1. The number of anilines is 2. The molecule has 0 saturated carbocycles. The van der Waals surface area contributed by atoms with Crippen molar-refractivity contribution in [3.05, 3.63) is 73.2 Å². The molecule has 312 valence electrons. The van der Waals surface area contributed by atoms with Gasteiger partial charge in [0.05, 0.1) is 32.8 Å². The second-order valence-electron chi connectivity index (χ2n) is 13.0. The van der Waals surface area contributed by atoms with Gasteiger partial charge in [0.2, 0.25) is 37.5 Å². The van der Waals surface area contributed by atoms with Crippen molar-refractivity contribution in [1.29, 1.82) is 0 Å². The smallest absolute Gasteiger partial charge is 0.362 e. The normalized spacial score (nSPS) is 16.5. The zero-order valence-electron chi connectivity index (χ0n) is 30.3. The first-order valence-electron chi connectivity index (χ1n) is 17.1. The first-order valence-corrected chi connectivity index (χ1v) is 22.4. The molecule has 0 bridgehead atoms. The second kappa shape index (κ2) is 18.1. The Hall–Kier alpha value is -4.67. The van der Waals surface area contributed by atoms with E-state index < -0.39 is 37.4 Å². The number of nitrogens with one attached hydrogen (secondary N) is 3. The van der Waals surface area contributed by atoms with Gasteiger partial charge in [-0.2, -0.15) is 0 Å². The first kappa shape index (κ1) is 42.9. The molecule has 27 heteroatoms. The first-order chi connectivity index (χ1) is 27.5. The summed E-state index contributed by atoms with van der Waals surface area (Å²) in [5.74, 6) is -1.26. The Kier molecular flexibility index (Phi) is 13.4. The molecule has 2 aromatic carbocycles. The molecule has 3 aromatic heterocycles. The van der Waals surface area contributed by atoms with E-state index in [1.54, 1.807) is 0 Å². The highest BCUT2D eigenvalue weighted by molar-refractivity contribution is 9.10. The summed E-state index contributed by atoms with van der Waals surface area (Å²) in [6.07, 6.45) is 4.61. The molecular formula is C31H34Br2F2N12O9S2. The van der Waals surface area contributed by atoms with Gasteiger partial charge in [0.1, 0.15) is 11.6 Å². The van der Waals surface area contributed by atoms with Crippen molar-refractivity contribution in [3.63, 3.8) is 0 Å². The number of rotatable bonds is 10. The van der Waals surface area contributed by atoms with Gasteiger partial charge in [-0.05, 0) is 115 Å². The maximum atomic E-state index is 13.6. The molecule has 21 nitrogen and oxygen atoms in total. The third-order valence-corrected chi connectivity index (χ3v) is 12.8. The monoisotopic (exact) mass is 978 g/mol. The molecule has 7 rings (SSSR count). The van der Waals surface area contributed by atoms with Crippen LogP contribution < -0.4 is 21.9 Å². The van der Waals surface area contributed by atoms with Crippen molar-refractivity contribution in [3.8, 4) is 17.2 Å². The minimum absolute atomic E-state index is 0.0239. The lowest BCUT2D eigenvalue weighted by Crippen LogP contribution is -2.42. The van der Waals surface area contributed by atoms with Crippen LogP contribution in [0.25, 0.3) is 17.2 Å². The molecule has 0 spiro atoms. The van der Waals surface area contributed by atoms with Crippen molar-refractivity contribution in [1.82, 2.24) is 44.4 Å². The van der Waals surface area contributed by atoms with Gasteiger partial charge in [-0.25, -0.2) is 57.8 Å². The highest BCUT2D eigenvalue weighted by atomic mass is 79.9. The topological polar surface area (TPSA) is 269 Å². The lowest BCUT2D eigenvalue weighted by Gasteiger charge is -2.30. The minimum atomic E-state index is -3.23. The average Bonchev–Trinajstić information content (AvgIpc) is 3.93. The number of benzene rings is 2. The van der Waals surface area contributed by atoms with Crippen molar-refractivity contribution in [2.45, 2.75) is 37.8 Å². The van der Waals surface area contributed by atoms with Crippen LogP contribution in [-0.4, -0.2) is 118 Å². The van der Waals surface area contributed by atoms with Gasteiger partial charge in [0.25, 0.3) is 0 Å². The van der Waals surface area contributed by atoms with Crippen LogP contribution in [0.4, 0.5) is 26.1 Å². The van der Waals surface area contributed by atoms with Crippen LogP contribution >= 0.6 is 31.9 Å². The van der Waals surface area contributed by atoms with Gasteiger partial charge >= 0.3 is 5.76 Å². The van der Waals surface area contributed by atoms with E-state index in [1.165, 1.54) is 57.5 Å². The Bertz CT molecular complexity index is 2550. The number of halogens is 4. The molecular weight excluding hydrogens is 946 g/mol. The maximum Gasteiger partial charge on any atom is 0.446 e. The van der Waals surface area contributed by atoms with Crippen molar-refractivity contribution in [2.24, 2.45) is 4.99 Å². The fourth-order valence-electron chi connectivity index (χ4n) is 5.98. The third kappa shape index (κ3) is 10.3. The fourth-order valence-corrected chi connectivity index (χ4v) is 8.47. The quantitative estimate of drug-likeness (QED) is 0.0886. The molecule has 5 heterocycles. The van der Waals surface area contributed by atoms with Gasteiger partial charge in [-0.15, -0.1) is 0 Å². The molecule has 58 heavy (non-hydrogen) atoms. The van der Waals surface area contributed by atoms with Gasteiger partial charge in [0, 0.05) is 38.3 Å². The molecule has 0 amide bonds. The molecule has 0 unspecified atom stereocenters. The Balaban J connectivity index is 0.000000196. The van der Waals surface area contributed by atoms with E-state index in [0.29, 0.717) is 63.2 Å². The fraction of sp³-hybridized carbons (Fsp3) is 0.387. The summed E-state index contributed by atoms with van der Waals surface area (Å²) in [5, 5.41) is 34.7. The molecule has 2 aliphatic heterocycles. The van der Waals surface area contributed by atoms with Crippen LogP contribution in [0, 0.1) is 11.6 Å². The number of piperidine rings is 2. The number of aliphatic imine (C=N–C) groups is 1. The highest BCUT2D eigenvalue weighted by Gasteiger charge is 2.30. The van der Waals surface area contributed by atoms with E-state index in [9.17, 15) is 35.6 Å². The van der Waals surface area contributed by atoms with Crippen LogP contribution in [0.5, 0.6) is 0 Å². The third-order valence-electron chi connectivity index (χ3n) is 8.96. The molecule has 2 fully saturated rings. The average molecular weight is 981 g/mol. The summed E-state index contributed by atoms with van der Waals surface area (Å²) in [5.41, 5.74) is 2.87. The Morgan fingerprint density at radius 1 is 0.793 bits per heavy atom. The van der Waals surface area contributed by atoms with Gasteiger partial charge in [-0.3, -0.25) is 15.2 Å². The lowest BCUT2D eigenvalue weighted by atomic mass is 10.1. The molecule has 2 saturated heterocycles. The Morgan fingerprint density at radius 3 is 1.88 bits per heavy atom. The number of amidine groups is 1. The largest absolute Gasteiger partial charge is 0.446 e. The van der Waals surface area contributed by atoms with Gasteiger partial charge < -0.3 is 10.6 Å². The summed E-state index contributed by atoms with van der Waals surface area (Å²) in [6, 6.07) is 7.95. The van der Waals surface area contributed by atoms with Gasteiger partial charge in [0.15, 0.2) is 17.2 Å². The van der Waals surface area contributed by atoms with E-state index >= 15 is 0 Å². The number of hydrogen-bond acceptors (Lipinski definition) is 17. The summed E-state index contributed by atoms with van der Waals surface area (Å²) in [4.78, 5) is 16.4. The van der Waals surface area contributed by atoms with E-state index in [2.05, 4.69) is 73.3 Å². The molecule has 2 aliphatic rings. The maximum absolute atomic E-state index is 13.6. The summed E-state index contributed by atoms with van der Waals surface area (Å²) < 4.78 is 92.2. The number of aromatic nitrogens is 6. The molecule has 4 N–H and O–H groups in total. The van der Waals surface area contributed by atoms with Crippen LogP contribution in [0.3, 0.4) is 0 Å². The minimum Gasteiger partial charge on any atom is -0.362 e. The van der Waals surface area contributed by atoms with E-state index in [1.807, 2.05) is 5.48 Å². The Labute approximate surface area is 345 Å². The standard InChI is InChI=1S/C16H16BrFN6O5S.C15H18BrFN6O4S/c1-30(26,27)23-6-4-9(5-7-23)19-14-13(20-29-21-14)15-22-28-16(25)24(15)10-2-3-12(18)11(17)8-10;1-28(25,26)23-6-4-9(5-7-23)18-15-13(21-27-22-15)14(20-24)19-10-2-3-12(17)11(16)8-10/h2-3,8-9H,4-7H2,1H3,(H,19,21);2-3,8-9,24H,4-7H2,1H3,(H,18,22)(H,19,20). The van der Waals surface area contributed by atoms with E-state index in [0.717, 1.165) is 4.57 Å². The molecule has 0 aliphatic carbocycles.